The van der Waals surface area contributed by atoms with Crippen molar-refractivity contribution in [3.63, 3.8) is 0 Å². The van der Waals surface area contributed by atoms with Crippen molar-refractivity contribution in [2.45, 2.75) is 31.7 Å². The van der Waals surface area contributed by atoms with Crippen LogP contribution in [0.2, 0.25) is 0 Å². The summed E-state index contributed by atoms with van der Waals surface area (Å²) in [5.41, 5.74) is -0.171. The third kappa shape index (κ3) is 3.15. The summed E-state index contributed by atoms with van der Waals surface area (Å²) >= 11 is 0. The van der Waals surface area contributed by atoms with E-state index in [1.807, 2.05) is 18.2 Å². The van der Waals surface area contributed by atoms with Crippen molar-refractivity contribution in [2.75, 3.05) is 20.1 Å². The average Bonchev–Trinajstić information content (AvgIpc) is 2.88. The van der Waals surface area contributed by atoms with E-state index >= 15 is 0 Å². The molecule has 0 radical (unpaired) electrons. The molecule has 2 heterocycles. The van der Waals surface area contributed by atoms with Gasteiger partial charge in [0.1, 0.15) is 5.54 Å². The van der Waals surface area contributed by atoms with E-state index in [9.17, 15) is 14.7 Å². The fraction of sp³-hybridized carbons (Fsp3) is 0.533. The number of pyridine rings is 1. The molecule has 1 aliphatic heterocycles. The van der Waals surface area contributed by atoms with Crippen LogP contribution in [-0.4, -0.2) is 57.6 Å². The van der Waals surface area contributed by atoms with E-state index in [-0.39, 0.29) is 6.03 Å². The van der Waals surface area contributed by atoms with Gasteiger partial charge in [-0.15, -0.1) is 0 Å². The van der Waals surface area contributed by atoms with E-state index in [0.29, 0.717) is 25.9 Å². The Bertz CT molecular complexity index is 520. The number of urea groups is 1. The van der Waals surface area contributed by atoms with Crippen molar-refractivity contribution in [1.29, 1.82) is 0 Å². The fourth-order valence-electron chi connectivity index (χ4n) is 2.62. The standard InChI is InChI=1S/C15H21N3O3/c1-15(13(19)20)8-5-10-18(15)14(21)17(2)11-7-12-6-3-4-9-16-12/h3-4,6,9H,5,7-8,10-11H2,1-2H3,(H,19,20). The molecule has 21 heavy (non-hydrogen) atoms. The van der Waals surface area contributed by atoms with Crippen molar-refractivity contribution in [3.05, 3.63) is 30.1 Å². The fourth-order valence-corrected chi connectivity index (χ4v) is 2.62. The molecule has 1 unspecified atom stereocenters. The van der Waals surface area contributed by atoms with Crippen LogP contribution in [0.5, 0.6) is 0 Å². The summed E-state index contributed by atoms with van der Waals surface area (Å²) in [7, 11) is 1.70. The summed E-state index contributed by atoms with van der Waals surface area (Å²) < 4.78 is 0. The number of carboxylic acids is 1. The molecule has 2 amide bonds. The van der Waals surface area contributed by atoms with Gasteiger partial charge in [0.25, 0.3) is 0 Å². The Balaban J connectivity index is 1.97. The molecule has 0 bridgehead atoms. The third-order valence-electron chi connectivity index (χ3n) is 4.09. The lowest BCUT2D eigenvalue weighted by Gasteiger charge is -2.34. The largest absolute Gasteiger partial charge is 0.480 e. The SMILES string of the molecule is CN(CCc1ccccn1)C(=O)N1CCCC1(C)C(=O)O. The molecule has 1 aromatic heterocycles. The molecular weight excluding hydrogens is 270 g/mol. The first-order chi connectivity index (χ1) is 9.95. The predicted octanol–water partition coefficient (Wildman–Crippen LogP) is 1.62. The molecular formula is C15H21N3O3. The number of amides is 2. The molecule has 2 rings (SSSR count). The van der Waals surface area contributed by atoms with Gasteiger partial charge in [-0.25, -0.2) is 9.59 Å². The molecule has 1 aromatic rings. The molecule has 0 aromatic carbocycles. The number of likely N-dealkylation sites (tertiary alicyclic amines) is 1. The molecule has 6 heteroatoms. The molecule has 1 fully saturated rings. The maximum atomic E-state index is 12.5. The minimum Gasteiger partial charge on any atom is -0.480 e. The van der Waals surface area contributed by atoms with Crippen LogP contribution >= 0.6 is 0 Å². The van der Waals surface area contributed by atoms with Crippen molar-refractivity contribution >= 4 is 12.0 Å². The molecule has 0 aliphatic carbocycles. The summed E-state index contributed by atoms with van der Waals surface area (Å²) in [5, 5.41) is 9.36. The number of aliphatic carboxylic acids is 1. The number of aromatic nitrogens is 1. The normalized spacial score (nSPS) is 21.3. The van der Waals surface area contributed by atoms with Gasteiger partial charge in [0, 0.05) is 38.4 Å². The van der Waals surface area contributed by atoms with Crippen molar-refractivity contribution < 1.29 is 14.7 Å². The highest BCUT2D eigenvalue weighted by atomic mass is 16.4. The summed E-state index contributed by atoms with van der Waals surface area (Å²) in [6.45, 7) is 2.63. The average molecular weight is 291 g/mol. The van der Waals surface area contributed by atoms with Crippen LogP contribution in [0.15, 0.2) is 24.4 Å². The molecule has 0 saturated carbocycles. The first kappa shape index (κ1) is 15.3. The number of carbonyl (C=O) groups is 2. The number of rotatable bonds is 4. The lowest BCUT2D eigenvalue weighted by Crippen LogP contribution is -2.54. The molecule has 1 N–H and O–H groups in total. The Hall–Kier alpha value is -2.11. The van der Waals surface area contributed by atoms with Crippen LogP contribution in [0, 0.1) is 0 Å². The lowest BCUT2D eigenvalue weighted by atomic mass is 10.00. The van der Waals surface area contributed by atoms with Crippen molar-refractivity contribution in [1.82, 2.24) is 14.8 Å². The van der Waals surface area contributed by atoms with Crippen LogP contribution < -0.4 is 0 Å². The van der Waals surface area contributed by atoms with E-state index in [1.165, 1.54) is 4.90 Å². The van der Waals surface area contributed by atoms with E-state index in [4.69, 9.17) is 0 Å². The van der Waals surface area contributed by atoms with Gasteiger partial charge in [0.05, 0.1) is 0 Å². The summed E-state index contributed by atoms with van der Waals surface area (Å²) in [5.74, 6) is -0.938. The van der Waals surface area contributed by atoms with Crippen LogP contribution in [0.25, 0.3) is 0 Å². The lowest BCUT2D eigenvalue weighted by molar-refractivity contribution is -0.147. The zero-order valence-corrected chi connectivity index (χ0v) is 12.5. The first-order valence-corrected chi connectivity index (χ1v) is 7.11. The van der Waals surface area contributed by atoms with Gasteiger partial charge >= 0.3 is 12.0 Å². The minimum atomic E-state index is -1.09. The van der Waals surface area contributed by atoms with E-state index < -0.39 is 11.5 Å². The second-order valence-electron chi connectivity index (χ2n) is 5.61. The summed E-state index contributed by atoms with van der Waals surface area (Å²) in [6, 6.07) is 5.44. The molecule has 6 nitrogen and oxygen atoms in total. The molecule has 1 aliphatic rings. The number of hydrogen-bond acceptors (Lipinski definition) is 3. The Morgan fingerprint density at radius 1 is 1.48 bits per heavy atom. The van der Waals surface area contributed by atoms with Crippen LogP contribution in [0.1, 0.15) is 25.5 Å². The number of nitrogens with zero attached hydrogens (tertiary/aromatic N) is 3. The van der Waals surface area contributed by atoms with Crippen LogP contribution in [0.3, 0.4) is 0 Å². The quantitative estimate of drug-likeness (QED) is 0.914. The Kier molecular flexibility index (Phi) is 4.45. The molecule has 1 saturated heterocycles. The molecule has 114 valence electrons. The smallest absolute Gasteiger partial charge is 0.329 e. The maximum Gasteiger partial charge on any atom is 0.329 e. The number of hydrogen-bond donors (Lipinski definition) is 1. The zero-order chi connectivity index (χ0) is 15.5. The summed E-state index contributed by atoms with van der Waals surface area (Å²) in [4.78, 5) is 31.1. The van der Waals surface area contributed by atoms with Gasteiger partial charge in [0.15, 0.2) is 0 Å². The van der Waals surface area contributed by atoms with Crippen LogP contribution in [0.4, 0.5) is 4.79 Å². The Labute approximate surface area is 124 Å². The highest BCUT2D eigenvalue weighted by Gasteiger charge is 2.46. The van der Waals surface area contributed by atoms with Gasteiger partial charge in [-0.3, -0.25) is 4.98 Å². The van der Waals surface area contributed by atoms with Gasteiger partial charge < -0.3 is 14.9 Å². The zero-order valence-electron chi connectivity index (χ0n) is 12.5. The number of carboxylic acid groups (broad SMARTS) is 1. The van der Waals surface area contributed by atoms with Crippen LogP contribution in [-0.2, 0) is 11.2 Å². The second-order valence-corrected chi connectivity index (χ2v) is 5.61. The van der Waals surface area contributed by atoms with E-state index in [0.717, 1.165) is 12.1 Å². The third-order valence-corrected chi connectivity index (χ3v) is 4.09. The Morgan fingerprint density at radius 3 is 2.86 bits per heavy atom. The predicted molar refractivity (Wildman–Crippen MR) is 77.9 cm³/mol. The van der Waals surface area contributed by atoms with Gasteiger partial charge in [-0.1, -0.05) is 6.07 Å². The topological polar surface area (TPSA) is 73.7 Å². The maximum absolute atomic E-state index is 12.5. The van der Waals surface area contributed by atoms with Crippen molar-refractivity contribution in [2.24, 2.45) is 0 Å². The minimum absolute atomic E-state index is 0.228. The van der Waals surface area contributed by atoms with Gasteiger partial charge in [-0.2, -0.15) is 0 Å². The van der Waals surface area contributed by atoms with Gasteiger partial charge in [0.2, 0.25) is 0 Å². The van der Waals surface area contributed by atoms with Gasteiger partial charge in [-0.05, 0) is 31.9 Å². The van der Waals surface area contributed by atoms with E-state index in [1.54, 1.807) is 25.1 Å². The Morgan fingerprint density at radius 2 is 2.24 bits per heavy atom. The number of carbonyl (C=O) groups excluding carboxylic acids is 1. The van der Waals surface area contributed by atoms with Crippen molar-refractivity contribution in [3.8, 4) is 0 Å². The summed E-state index contributed by atoms with van der Waals surface area (Å²) in [6.07, 6.45) is 3.60. The highest BCUT2D eigenvalue weighted by Crippen LogP contribution is 2.30. The molecule has 0 spiro atoms. The second kappa shape index (κ2) is 6.11. The molecule has 1 atom stereocenters. The monoisotopic (exact) mass is 291 g/mol. The number of likely N-dealkylation sites (N-methyl/N-ethyl adjacent to an activating group) is 1. The highest BCUT2D eigenvalue weighted by molar-refractivity contribution is 5.86. The first-order valence-electron chi connectivity index (χ1n) is 7.11. The van der Waals surface area contributed by atoms with E-state index in [2.05, 4.69) is 4.98 Å².